The number of alkyl halides is 1. The average molecular weight is 139 g/mol. The lowest BCUT2D eigenvalue weighted by Gasteiger charge is -2.10. The monoisotopic (exact) mass is 138 g/mol. The molecule has 0 bridgehead atoms. The highest BCUT2D eigenvalue weighted by molar-refractivity contribution is 6.21. The molecule has 0 amide bonds. The molecule has 0 atom stereocenters. The fraction of sp³-hybridized carbons (Fsp3) is 1.00. The van der Waals surface area contributed by atoms with Gasteiger partial charge in [0.05, 0.1) is 0 Å². The van der Waals surface area contributed by atoms with Gasteiger partial charge < -0.3 is 10.2 Å². The van der Waals surface area contributed by atoms with Gasteiger partial charge in [0.15, 0.2) is 0 Å². The lowest BCUT2D eigenvalue weighted by atomic mass is 10.2. The van der Waals surface area contributed by atoms with Crippen molar-refractivity contribution < 1.29 is 10.2 Å². The van der Waals surface area contributed by atoms with Crippen molar-refractivity contribution in [1.29, 1.82) is 0 Å². The van der Waals surface area contributed by atoms with Crippen LogP contribution in [0.3, 0.4) is 0 Å². The third-order valence-electron chi connectivity index (χ3n) is 0.848. The Morgan fingerprint density at radius 2 is 2.00 bits per heavy atom. The van der Waals surface area contributed by atoms with E-state index in [1.807, 2.05) is 6.92 Å². The van der Waals surface area contributed by atoms with Crippen LogP contribution >= 0.6 is 11.6 Å². The first-order valence-electron chi connectivity index (χ1n) is 2.70. The van der Waals surface area contributed by atoms with Crippen LogP contribution in [0.4, 0.5) is 0 Å². The second kappa shape index (κ2) is 3.28. The number of hydrogen-bond donors (Lipinski definition) is 2. The molecule has 2 nitrogen and oxygen atoms in total. The fourth-order valence-electron chi connectivity index (χ4n) is 0.402. The average Bonchev–Trinajstić information content (AvgIpc) is 1.59. The summed E-state index contributed by atoms with van der Waals surface area (Å²) in [6.07, 6.45) is 1.91. The van der Waals surface area contributed by atoms with E-state index in [1.165, 1.54) is 0 Å². The molecule has 0 aliphatic carbocycles. The highest BCUT2D eigenvalue weighted by atomic mass is 35.5. The molecule has 0 aromatic rings. The SMILES string of the molecule is CCCCC(O)(O)Cl. The van der Waals surface area contributed by atoms with Gasteiger partial charge in [0.2, 0.25) is 5.25 Å². The van der Waals surface area contributed by atoms with E-state index in [-0.39, 0.29) is 6.42 Å². The third kappa shape index (κ3) is 6.21. The maximum atomic E-state index is 8.47. The second-order valence-corrected chi connectivity index (χ2v) is 2.43. The van der Waals surface area contributed by atoms with Crippen LogP contribution in [0.2, 0.25) is 0 Å². The molecule has 0 saturated heterocycles. The van der Waals surface area contributed by atoms with Gasteiger partial charge in [-0.25, -0.2) is 0 Å². The van der Waals surface area contributed by atoms with E-state index >= 15 is 0 Å². The quantitative estimate of drug-likeness (QED) is 0.452. The molecule has 8 heavy (non-hydrogen) atoms. The van der Waals surface area contributed by atoms with E-state index < -0.39 is 5.25 Å². The Bertz CT molecular complexity index is 57.9. The number of unbranched alkanes of at least 4 members (excludes halogenated alkanes) is 1. The van der Waals surface area contributed by atoms with Crippen LogP contribution in [-0.2, 0) is 0 Å². The normalized spacial score (nSPS) is 12.0. The van der Waals surface area contributed by atoms with Gasteiger partial charge in [-0.3, -0.25) is 0 Å². The summed E-state index contributed by atoms with van der Waals surface area (Å²) in [6.45, 7) is 1.96. The van der Waals surface area contributed by atoms with E-state index in [4.69, 9.17) is 21.8 Å². The number of rotatable bonds is 3. The molecular formula is C5H11ClO2. The molecule has 0 aliphatic rings. The molecule has 0 aromatic carbocycles. The Balaban J connectivity index is 3.11. The summed E-state index contributed by atoms with van der Waals surface area (Å²) in [6, 6.07) is 0. The molecule has 2 N–H and O–H groups in total. The molecule has 0 fully saturated rings. The molecule has 0 radical (unpaired) electrons. The van der Waals surface area contributed by atoms with Crippen LogP contribution in [0.25, 0.3) is 0 Å². The van der Waals surface area contributed by atoms with Crippen molar-refractivity contribution in [2.24, 2.45) is 0 Å². The number of aliphatic hydroxyl groups is 2. The van der Waals surface area contributed by atoms with Crippen molar-refractivity contribution in [1.82, 2.24) is 0 Å². The zero-order chi connectivity index (χ0) is 6.62. The zero-order valence-electron chi connectivity index (χ0n) is 4.89. The molecule has 0 aromatic heterocycles. The van der Waals surface area contributed by atoms with Gasteiger partial charge in [0.25, 0.3) is 0 Å². The van der Waals surface area contributed by atoms with Crippen LogP contribution in [0.5, 0.6) is 0 Å². The van der Waals surface area contributed by atoms with Gasteiger partial charge >= 0.3 is 0 Å². The van der Waals surface area contributed by atoms with Crippen LogP contribution in [0, 0.1) is 0 Å². The van der Waals surface area contributed by atoms with E-state index in [0.717, 1.165) is 12.8 Å². The molecule has 0 saturated carbocycles. The summed E-state index contributed by atoms with van der Waals surface area (Å²) in [5.74, 6) is 0. The summed E-state index contributed by atoms with van der Waals surface area (Å²) >= 11 is 5.02. The predicted molar refractivity (Wildman–Crippen MR) is 32.5 cm³/mol. The summed E-state index contributed by atoms with van der Waals surface area (Å²) in [5, 5.41) is 15.0. The van der Waals surface area contributed by atoms with Gasteiger partial charge in [0.1, 0.15) is 0 Å². The molecule has 0 rings (SSSR count). The Morgan fingerprint density at radius 1 is 1.50 bits per heavy atom. The maximum Gasteiger partial charge on any atom is 0.243 e. The van der Waals surface area contributed by atoms with Crippen molar-refractivity contribution in [3.63, 3.8) is 0 Å². The highest BCUT2D eigenvalue weighted by Crippen LogP contribution is 2.13. The summed E-state index contributed by atoms with van der Waals surface area (Å²) in [7, 11) is 0. The van der Waals surface area contributed by atoms with Crippen LogP contribution in [-0.4, -0.2) is 15.5 Å². The van der Waals surface area contributed by atoms with Crippen molar-refractivity contribution in [3.8, 4) is 0 Å². The van der Waals surface area contributed by atoms with Crippen LogP contribution < -0.4 is 0 Å². The fourth-order valence-corrected chi connectivity index (χ4v) is 0.535. The minimum Gasteiger partial charge on any atom is -0.353 e. The van der Waals surface area contributed by atoms with Crippen molar-refractivity contribution in [3.05, 3.63) is 0 Å². The molecular weight excluding hydrogens is 128 g/mol. The number of halogens is 1. The maximum absolute atomic E-state index is 8.47. The minimum atomic E-state index is -1.98. The van der Waals surface area contributed by atoms with Crippen molar-refractivity contribution >= 4 is 11.6 Å². The first-order chi connectivity index (χ1) is 3.56. The predicted octanol–water partition coefficient (Wildman–Crippen LogP) is 1.05. The smallest absolute Gasteiger partial charge is 0.243 e. The molecule has 3 heteroatoms. The standard InChI is InChI=1S/C5H11ClO2/c1-2-3-4-5(6,7)8/h7-8H,2-4H2,1H3. The molecule has 0 spiro atoms. The Morgan fingerprint density at radius 3 is 2.12 bits per heavy atom. The largest absolute Gasteiger partial charge is 0.353 e. The van der Waals surface area contributed by atoms with Gasteiger partial charge in [0, 0.05) is 6.42 Å². The van der Waals surface area contributed by atoms with E-state index in [0.29, 0.717) is 0 Å². The first-order valence-corrected chi connectivity index (χ1v) is 3.07. The Labute approximate surface area is 54.1 Å². The van der Waals surface area contributed by atoms with Gasteiger partial charge in [-0.05, 0) is 6.42 Å². The molecule has 0 aliphatic heterocycles. The third-order valence-corrected chi connectivity index (χ3v) is 1.04. The molecule has 50 valence electrons. The van der Waals surface area contributed by atoms with E-state index in [2.05, 4.69) is 0 Å². The highest BCUT2D eigenvalue weighted by Gasteiger charge is 2.15. The van der Waals surface area contributed by atoms with E-state index in [9.17, 15) is 0 Å². The molecule has 0 heterocycles. The summed E-state index contributed by atoms with van der Waals surface area (Å²) < 4.78 is 0. The Hall–Kier alpha value is 0.210. The second-order valence-electron chi connectivity index (χ2n) is 1.82. The minimum absolute atomic E-state index is 0.241. The van der Waals surface area contributed by atoms with Crippen molar-refractivity contribution in [2.75, 3.05) is 0 Å². The van der Waals surface area contributed by atoms with Crippen molar-refractivity contribution in [2.45, 2.75) is 31.4 Å². The molecule has 0 unspecified atom stereocenters. The zero-order valence-corrected chi connectivity index (χ0v) is 5.65. The lowest BCUT2D eigenvalue weighted by Crippen LogP contribution is -2.18. The Kier molecular flexibility index (Phi) is 3.36. The summed E-state index contributed by atoms with van der Waals surface area (Å²) in [5.41, 5.74) is 0. The van der Waals surface area contributed by atoms with Gasteiger partial charge in [-0.15, -0.1) is 0 Å². The summed E-state index contributed by atoms with van der Waals surface area (Å²) in [4.78, 5) is 0. The number of hydrogen-bond acceptors (Lipinski definition) is 2. The van der Waals surface area contributed by atoms with Crippen LogP contribution in [0.1, 0.15) is 26.2 Å². The van der Waals surface area contributed by atoms with Gasteiger partial charge in [-0.2, -0.15) is 0 Å². The van der Waals surface area contributed by atoms with E-state index in [1.54, 1.807) is 0 Å². The lowest BCUT2D eigenvalue weighted by molar-refractivity contribution is -0.0904. The topological polar surface area (TPSA) is 40.5 Å². The van der Waals surface area contributed by atoms with Gasteiger partial charge in [-0.1, -0.05) is 24.9 Å². The van der Waals surface area contributed by atoms with Crippen LogP contribution in [0.15, 0.2) is 0 Å². The first kappa shape index (κ1) is 8.21.